The zero-order valence-corrected chi connectivity index (χ0v) is 17.2. The van der Waals surface area contributed by atoms with E-state index in [1.54, 1.807) is 23.5 Å². The van der Waals surface area contributed by atoms with E-state index in [2.05, 4.69) is 21.6 Å². The number of thiophene rings is 1. The summed E-state index contributed by atoms with van der Waals surface area (Å²) in [6.07, 6.45) is 0. The minimum atomic E-state index is -0.396. The van der Waals surface area contributed by atoms with Gasteiger partial charge in [0.1, 0.15) is 5.00 Å². The molecule has 1 saturated heterocycles. The van der Waals surface area contributed by atoms with E-state index in [1.165, 1.54) is 12.1 Å². The molecule has 1 amide bonds. The Bertz CT molecular complexity index is 1030. The molecule has 3 aromatic rings. The molecule has 4 rings (SSSR count). The molecule has 1 aromatic carbocycles. The average molecular weight is 410 g/mol. The molecule has 1 aliphatic rings. The fraction of sp³-hybridized carbons (Fsp3) is 0.286. The van der Waals surface area contributed by atoms with Crippen molar-refractivity contribution in [3.8, 4) is 5.00 Å². The van der Waals surface area contributed by atoms with Gasteiger partial charge in [-0.3, -0.25) is 14.9 Å². The highest BCUT2D eigenvalue weighted by Crippen LogP contribution is 2.28. The van der Waals surface area contributed by atoms with Crippen molar-refractivity contribution in [2.24, 2.45) is 0 Å². The Morgan fingerprint density at radius 2 is 1.59 bits per heavy atom. The van der Waals surface area contributed by atoms with Crippen molar-refractivity contribution < 1.29 is 9.72 Å². The topological polar surface area (TPSA) is 71.6 Å². The lowest BCUT2D eigenvalue weighted by Crippen LogP contribution is -2.48. The Labute approximate surface area is 172 Å². The molecule has 1 fully saturated rings. The van der Waals surface area contributed by atoms with Crippen LogP contribution < -0.4 is 4.90 Å². The summed E-state index contributed by atoms with van der Waals surface area (Å²) in [7, 11) is 0. The van der Waals surface area contributed by atoms with Crippen LogP contribution in [-0.4, -0.2) is 46.5 Å². The Hall–Kier alpha value is -3.13. The van der Waals surface area contributed by atoms with E-state index >= 15 is 0 Å². The summed E-state index contributed by atoms with van der Waals surface area (Å²) in [6.45, 7) is 6.73. The highest BCUT2D eigenvalue weighted by molar-refractivity contribution is 7.13. The van der Waals surface area contributed by atoms with Gasteiger partial charge in [0.15, 0.2) is 0 Å². The number of carbonyl (C=O) groups is 1. The SMILES string of the molecule is Cc1ccc(C)n1-c1sccc1C(=O)N1CCN(c2ccc([N+](=O)[O-])cc2)CC1. The summed E-state index contributed by atoms with van der Waals surface area (Å²) in [5.74, 6) is 0.0529. The summed E-state index contributed by atoms with van der Waals surface area (Å²) >= 11 is 1.58. The molecule has 29 heavy (non-hydrogen) atoms. The molecule has 0 aliphatic carbocycles. The number of benzene rings is 1. The van der Waals surface area contributed by atoms with Crippen molar-refractivity contribution in [1.82, 2.24) is 9.47 Å². The first-order chi connectivity index (χ1) is 14.0. The molecular weight excluding hydrogens is 388 g/mol. The molecule has 0 saturated carbocycles. The number of nitrogens with zero attached hydrogens (tertiary/aromatic N) is 4. The van der Waals surface area contributed by atoms with Crippen molar-refractivity contribution >= 4 is 28.6 Å². The number of carbonyl (C=O) groups excluding carboxylic acids is 1. The second kappa shape index (κ2) is 7.71. The highest BCUT2D eigenvalue weighted by Gasteiger charge is 2.26. The summed E-state index contributed by atoms with van der Waals surface area (Å²) in [4.78, 5) is 27.7. The number of aromatic nitrogens is 1. The molecule has 8 heteroatoms. The largest absolute Gasteiger partial charge is 0.368 e. The number of non-ortho nitro benzene ring substituents is 1. The van der Waals surface area contributed by atoms with Gasteiger partial charge in [0.2, 0.25) is 0 Å². The highest BCUT2D eigenvalue weighted by atomic mass is 32.1. The smallest absolute Gasteiger partial charge is 0.269 e. The van der Waals surface area contributed by atoms with Crippen LogP contribution in [0.4, 0.5) is 11.4 Å². The summed E-state index contributed by atoms with van der Waals surface area (Å²) in [5, 5.41) is 13.8. The number of hydrogen-bond donors (Lipinski definition) is 0. The number of anilines is 1. The van der Waals surface area contributed by atoms with E-state index in [4.69, 9.17) is 0 Å². The van der Waals surface area contributed by atoms with Crippen LogP contribution in [0.25, 0.3) is 5.00 Å². The number of hydrogen-bond acceptors (Lipinski definition) is 5. The fourth-order valence-electron chi connectivity index (χ4n) is 3.75. The minimum absolute atomic E-state index is 0.0529. The van der Waals surface area contributed by atoms with E-state index in [-0.39, 0.29) is 11.6 Å². The van der Waals surface area contributed by atoms with Gasteiger partial charge in [-0.1, -0.05) is 0 Å². The maximum absolute atomic E-state index is 13.2. The summed E-state index contributed by atoms with van der Waals surface area (Å²) in [6, 6.07) is 12.6. The number of aryl methyl sites for hydroxylation is 2. The van der Waals surface area contributed by atoms with E-state index < -0.39 is 4.92 Å². The first-order valence-electron chi connectivity index (χ1n) is 9.47. The van der Waals surface area contributed by atoms with Crippen LogP contribution in [-0.2, 0) is 0 Å². The van der Waals surface area contributed by atoms with Crippen LogP contribution >= 0.6 is 11.3 Å². The van der Waals surface area contributed by atoms with Crippen LogP contribution in [0.15, 0.2) is 47.8 Å². The molecule has 1 aliphatic heterocycles. The fourth-order valence-corrected chi connectivity index (χ4v) is 4.76. The molecule has 0 bridgehead atoms. The molecular formula is C21H22N4O3S. The average Bonchev–Trinajstić information content (AvgIpc) is 3.33. The van der Waals surface area contributed by atoms with E-state index in [1.807, 2.05) is 30.2 Å². The van der Waals surface area contributed by atoms with Gasteiger partial charge in [-0.25, -0.2) is 0 Å². The Morgan fingerprint density at radius 3 is 2.17 bits per heavy atom. The second-order valence-electron chi connectivity index (χ2n) is 7.14. The number of rotatable bonds is 4. The molecule has 150 valence electrons. The van der Waals surface area contributed by atoms with Crippen LogP contribution in [0, 0.1) is 24.0 Å². The Morgan fingerprint density at radius 1 is 0.966 bits per heavy atom. The van der Waals surface area contributed by atoms with Gasteiger partial charge in [-0.2, -0.15) is 0 Å². The minimum Gasteiger partial charge on any atom is -0.368 e. The van der Waals surface area contributed by atoms with Crippen LogP contribution in [0.1, 0.15) is 21.7 Å². The third kappa shape index (κ3) is 3.63. The van der Waals surface area contributed by atoms with Gasteiger partial charge >= 0.3 is 0 Å². The lowest BCUT2D eigenvalue weighted by atomic mass is 10.2. The molecule has 0 radical (unpaired) electrons. The lowest BCUT2D eigenvalue weighted by molar-refractivity contribution is -0.384. The number of amides is 1. The van der Waals surface area contributed by atoms with Crippen molar-refractivity contribution in [2.45, 2.75) is 13.8 Å². The molecule has 0 atom stereocenters. The van der Waals surface area contributed by atoms with E-state index in [0.29, 0.717) is 26.2 Å². The summed E-state index contributed by atoms with van der Waals surface area (Å²) < 4.78 is 2.13. The third-order valence-electron chi connectivity index (χ3n) is 5.34. The van der Waals surface area contributed by atoms with Crippen molar-refractivity contribution in [1.29, 1.82) is 0 Å². The second-order valence-corrected chi connectivity index (χ2v) is 8.04. The normalized spacial score (nSPS) is 14.3. The third-order valence-corrected chi connectivity index (χ3v) is 6.24. The molecule has 3 heterocycles. The van der Waals surface area contributed by atoms with Crippen LogP contribution in [0.3, 0.4) is 0 Å². The quantitative estimate of drug-likeness (QED) is 0.481. The molecule has 0 unspecified atom stereocenters. The summed E-state index contributed by atoms with van der Waals surface area (Å²) in [5.41, 5.74) is 3.99. The van der Waals surface area contributed by atoms with Crippen molar-refractivity contribution in [3.05, 3.63) is 74.9 Å². The van der Waals surface area contributed by atoms with E-state index in [9.17, 15) is 14.9 Å². The zero-order chi connectivity index (χ0) is 20.5. The van der Waals surface area contributed by atoms with Crippen molar-refractivity contribution in [3.63, 3.8) is 0 Å². The van der Waals surface area contributed by atoms with Gasteiger partial charge in [0.25, 0.3) is 11.6 Å². The number of nitro benzene ring substituents is 1. The van der Waals surface area contributed by atoms with Crippen LogP contribution in [0.2, 0.25) is 0 Å². The van der Waals surface area contributed by atoms with Crippen molar-refractivity contribution in [2.75, 3.05) is 31.1 Å². The maximum atomic E-state index is 13.2. The Kier molecular flexibility index (Phi) is 5.10. The predicted octanol–water partition coefficient (Wildman–Crippen LogP) is 4.03. The first kappa shape index (κ1) is 19.2. The molecule has 0 spiro atoms. The monoisotopic (exact) mass is 410 g/mol. The van der Waals surface area contributed by atoms with Gasteiger partial charge in [0, 0.05) is 55.4 Å². The predicted molar refractivity (Wildman–Crippen MR) is 114 cm³/mol. The van der Waals surface area contributed by atoms with Gasteiger partial charge in [0.05, 0.1) is 10.5 Å². The van der Waals surface area contributed by atoms with Gasteiger partial charge < -0.3 is 14.4 Å². The zero-order valence-electron chi connectivity index (χ0n) is 16.4. The van der Waals surface area contributed by atoms with Gasteiger partial charge in [-0.05, 0) is 49.6 Å². The van der Waals surface area contributed by atoms with Gasteiger partial charge in [-0.15, -0.1) is 11.3 Å². The number of nitro groups is 1. The molecule has 0 N–H and O–H groups in total. The number of piperazine rings is 1. The van der Waals surface area contributed by atoms with E-state index in [0.717, 1.165) is 27.6 Å². The molecule has 7 nitrogen and oxygen atoms in total. The molecule has 2 aromatic heterocycles. The van der Waals surface area contributed by atoms with Crippen LogP contribution in [0.5, 0.6) is 0 Å². The maximum Gasteiger partial charge on any atom is 0.269 e. The standard InChI is InChI=1S/C21H22N4O3S/c1-15-3-4-16(2)24(15)21-19(9-14-29-21)20(26)23-12-10-22(11-13-23)17-5-7-18(8-6-17)25(27)28/h3-9,14H,10-13H2,1-2H3. The first-order valence-corrected chi connectivity index (χ1v) is 10.3. The Balaban J connectivity index is 1.46. The lowest BCUT2D eigenvalue weighted by Gasteiger charge is -2.36.